The van der Waals surface area contributed by atoms with Crippen molar-refractivity contribution in [1.82, 2.24) is 15.2 Å². The van der Waals surface area contributed by atoms with Crippen molar-refractivity contribution in [2.45, 2.75) is 44.3 Å². The van der Waals surface area contributed by atoms with E-state index in [2.05, 4.69) is 52.5 Å². The predicted molar refractivity (Wildman–Crippen MR) is 123 cm³/mol. The van der Waals surface area contributed by atoms with Crippen LogP contribution in [0.15, 0.2) is 36.5 Å². The number of fused-ring (bicyclic) bond motifs is 3. The number of hydrogen-bond donors (Lipinski definition) is 1. The molecule has 0 spiro atoms. The van der Waals surface area contributed by atoms with Crippen molar-refractivity contribution in [3.63, 3.8) is 0 Å². The average Bonchev–Trinajstić information content (AvgIpc) is 3.41. The van der Waals surface area contributed by atoms with Crippen LogP contribution in [0.4, 0.5) is 5.69 Å². The molecule has 1 N–H and O–H groups in total. The normalized spacial score (nSPS) is 29.7. The molecule has 6 rings (SSSR count). The van der Waals surface area contributed by atoms with E-state index < -0.39 is 0 Å². The van der Waals surface area contributed by atoms with Gasteiger partial charge in [-0.25, -0.2) is 0 Å². The van der Waals surface area contributed by atoms with E-state index in [1.165, 1.54) is 41.8 Å². The lowest BCUT2D eigenvalue weighted by Crippen LogP contribution is -2.45. The second kappa shape index (κ2) is 8.19. The molecule has 3 aliphatic heterocycles. The smallest absolute Gasteiger partial charge is 0.0607 e. The van der Waals surface area contributed by atoms with Gasteiger partial charge < -0.3 is 15.0 Å². The highest BCUT2D eigenvalue weighted by atomic mass is 16.5. The highest BCUT2D eigenvalue weighted by Crippen LogP contribution is 2.37. The van der Waals surface area contributed by atoms with E-state index in [0.717, 1.165) is 57.6 Å². The molecule has 4 atom stereocenters. The molecule has 1 aliphatic carbocycles. The number of nitrogens with zero attached hydrogens (tertiary/aromatic N) is 3. The van der Waals surface area contributed by atoms with Gasteiger partial charge in [-0.05, 0) is 61.6 Å². The van der Waals surface area contributed by atoms with Crippen LogP contribution in [-0.2, 0) is 24.1 Å². The van der Waals surface area contributed by atoms with E-state index in [1.54, 1.807) is 5.56 Å². The summed E-state index contributed by atoms with van der Waals surface area (Å²) in [6.07, 6.45) is 6.73. The first kappa shape index (κ1) is 19.7. The maximum atomic E-state index is 5.70. The van der Waals surface area contributed by atoms with Gasteiger partial charge >= 0.3 is 0 Å². The number of nitrogens with one attached hydrogen (secondary N) is 1. The van der Waals surface area contributed by atoms with Crippen molar-refractivity contribution in [3.8, 4) is 0 Å². The third kappa shape index (κ3) is 3.67. The van der Waals surface area contributed by atoms with Crippen molar-refractivity contribution in [1.29, 1.82) is 0 Å². The van der Waals surface area contributed by atoms with E-state index >= 15 is 0 Å². The number of pyridine rings is 1. The zero-order valence-corrected chi connectivity index (χ0v) is 18.6. The molecule has 4 aliphatic rings. The van der Waals surface area contributed by atoms with Gasteiger partial charge in [0.15, 0.2) is 0 Å². The number of rotatable bonds is 4. The predicted octanol–water partition coefficient (Wildman–Crippen LogP) is 3.19. The Bertz CT molecular complexity index is 935. The van der Waals surface area contributed by atoms with Crippen molar-refractivity contribution in [2.24, 2.45) is 11.8 Å². The molecule has 5 nitrogen and oxygen atoms in total. The van der Waals surface area contributed by atoms with Gasteiger partial charge in [0, 0.05) is 55.9 Å². The second-order valence-corrected chi connectivity index (χ2v) is 10.1. The molecule has 31 heavy (non-hydrogen) atoms. The summed E-state index contributed by atoms with van der Waals surface area (Å²) >= 11 is 0. The summed E-state index contributed by atoms with van der Waals surface area (Å²) in [5, 5.41) is 3.83. The molecule has 5 heteroatoms. The summed E-state index contributed by atoms with van der Waals surface area (Å²) in [6.45, 7) is 6.25. The van der Waals surface area contributed by atoms with Crippen molar-refractivity contribution >= 4 is 5.69 Å². The quantitative estimate of drug-likeness (QED) is 0.826. The summed E-state index contributed by atoms with van der Waals surface area (Å²) in [5.74, 6) is 1.44. The number of ether oxygens (including phenoxy) is 1. The van der Waals surface area contributed by atoms with Crippen LogP contribution < -0.4 is 10.2 Å². The van der Waals surface area contributed by atoms with E-state index in [0.29, 0.717) is 12.1 Å². The van der Waals surface area contributed by atoms with Gasteiger partial charge in [0.1, 0.15) is 0 Å². The number of aromatic nitrogens is 1. The summed E-state index contributed by atoms with van der Waals surface area (Å²) in [6, 6.07) is 12.2. The minimum absolute atomic E-state index is 0.446. The number of hydrogen-bond acceptors (Lipinski definition) is 5. The number of aryl methyl sites for hydroxylation is 1. The fraction of sp³-hybridized carbons (Fsp3) is 0.577. The Morgan fingerprint density at radius 1 is 1.13 bits per heavy atom. The lowest BCUT2D eigenvalue weighted by molar-refractivity contribution is 0.177. The van der Waals surface area contributed by atoms with Crippen LogP contribution in [0.3, 0.4) is 0 Å². The van der Waals surface area contributed by atoms with Gasteiger partial charge in [0.2, 0.25) is 0 Å². The van der Waals surface area contributed by atoms with Crippen LogP contribution in [0.2, 0.25) is 0 Å². The van der Waals surface area contributed by atoms with Crippen molar-refractivity contribution in [2.75, 3.05) is 44.8 Å². The fourth-order valence-electron chi connectivity index (χ4n) is 6.39. The van der Waals surface area contributed by atoms with Gasteiger partial charge in [0.25, 0.3) is 0 Å². The molecule has 0 bridgehead atoms. The first-order valence-corrected chi connectivity index (χ1v) is 12.1. The maximum Gasteiger partial charge on any atom is 0.0607 e. The molecule has 0 radical (unpaired) electrons. The van der Waals surface area contributed by atoms with Crippen LogP contribution in [0, 0.1) is 11.8 Å². The largest absolute Gasteiger partial charge is 0.381 e. The lowest BCUT2D eigenvalue weighted by atomic mass is 9.89. The third-order valence-corrected chi connectivity index (χ3v) is 8.07. The van der Waals surface area contributed by atoms with Crippen molar-refractivity contribution < 1.29 is 4.74 Å². The molecule has 2 fully saturated rings. The summed E-state index contributed by atoms with van der Waals surface area (Å²) in [4.78, 5) is 9.96. The number of likely N-dealkylation sites (N-methyl/N-ethyl adjacent to an activating group) is 1. The van der Waals surface area contributed by atoms with Crippen LogP contribution >= 0.6 is 0 Å². The molecular formula is C26H34N4O. The number of benzene rings is 1. The zero-order chi connectivity index (χ0) is 20.8. The lowest BCUT2D eigenvalue weighted by Gasteiger charge is -2.37. The van der Waals surface area contributed by atoms with Crippen LogP contribution in [0.5, 0.6) is 0 Å². The Morgan fingerprint density at radius 3 is 2.84 bits per heavy atom. The Balaban J connectivity index is 1.18. The molecule has 1 aromatic carbocycles. The highest BCUT2D eigenvalue weighted by molar-refractivity contribution is 5.59. The molecule has 0 saturated carbocycles. The van der Waals surface area contributed by atoms with Gasteiger partial charge in [-0.15, -0.1) is 0 Å². The minimum Gasteiger partial charge on any atom is -0.381 e. The monoisotopic (exact) mass is 418 g/mol. The zero-order valence-electron chi connectivity index (χ0n) is 18.6. The van der Waals surface area contributed by atoms with E-state index in [9.17, 15) is 0 Å². The second-order valence-electron chi connectivity index (χ2n) is 10.1. The summed E-state index contributed by atoms with van der Waals surface area (Å²) in [5.41, 5.74) is 7.28. The minimum atomic E-state index is 0.446. The SMILES string of the molecule is CN(C[C@H]1Cc2c(cccc2N2C[C@H]3COC[C@H]3C2)CN1)[C@H]1CCCc2cccnc21. The van der Waals surface area contributed by atoms with Gasteiger partial charge in [-0.1, -0.05) is 18.2 Å². The topological polar surface area (TPSA) is 40.6 Å². The molecule has 2 aromatic rings. The van der Waals surface area contributed by atoms with Crippen LogP contribution in [-0.4, -0.2) is 55.8 Å². The molecule has 0 unspecified atom stereocenters. The molecule has 0 amide bonds. The first-order valence-electron chi connectivity index (χ1n) is 12.1. The van der Waals surface area contributed by atoms with Crippen LogP contribution in [0.25, 0.3) is 0 Å². The standard InChI is InChI=1S/C26H34N4O/c1-29(25-9-2-5-18-7-4-10-27-26(18)25)15-22-11-23-19(12-28-22)6-3-8-24(23)30-13-20-16-31-17-21(20)14-30/h3-4,6-8,10,20-22,25,28H,2,5,9,11-17H2,1H3/t20-,21+,22-,25+/m1/s1. The Kier molecular flexibility index (Phi) is 5.21. The fourth-order valence-corrected chi connectivity index (χ4v) is 6.39. The Morgan fingerprint density at radius 2 is 1.97 bits per heavy atom. The molecule has 2 saturated heterocycles. The van der Waals surface area contributed by atoms with Gasteiger partial charge in [0.05, 0.1) is 24.9 Å². The average molecular weight is 419 g/mol. The first-order chi connectivity index (χ1) is 15.3. The van der Waals surface area contributed by atoms with Gasteiger partial charge in [-0.3, -0.25) is 9.88 Å². The number of anilines is 1. The summed E-state index contributed by atoms with van der Waals surface area (Å²) in [7, 11) is 2.29. The molecule has 164 valence electrons. The maximum absolute atomic E-state index is 5.70. The third-order valence-electron chi connectivity index (χ3n) is 8.07. The molecule has 1 aromatic heterocycles. The van der Waals surface area contributed by atoms with E-state index in [4.69, 9.17) is 9.72 Å². The molecule has 4 heterocycles. The van der Waals surface area contributed by atoms with Gasteiger partial charge in [-0.2, -0.15) is 0 Å². The summed E-state index contributed by atoms with van der Waals surface area (Å²) < 4.78 is 5.70. The Hall–Kier alpha value is -1.95. The van der Waals surface area contributed by atoms with E-state index in [1.807, 2.05) is 6.20 Å². The van der Waals surface area contributed by atoms with E-state index in [-0.39, 0.29) is 0 Å². The van der Waals surface area contributed by atoms with Crippen LogP contribution in [0.1, 0.15) is 41.3 Å². The Labute approximate surface area is 185 Å². The molecular weight excluding hydrogens is 384 g/mol. The highest BCUT2D eigenvalue weighted by Gasteiger charge is 2.38. The van der Waals surface area contributed by atoms with Crippen molar-refractivity contribution in [3.05, 3.63) is 58.9 Å².